The van der Waals surface area contributed by atoms with Crippen LogP contribution in [0.5, 0.6) is 0 Å². The van der Waals surface area contributed by atoms with E-state index in [0.717, 1.165) is 17.1 Å². The molecule has 4 rings (SSSR count). The molecule has 1 aromatic heterocycles. The maximum atomic E-state index is 14.0. The van der Waals surface area contributed by atoms with E-state index in [1.807, 2.05) is 11.8 Å². The lowest BCUT2D eigenvalue weighted by Gasteiger charge is -2.38. The van der Waals surface area contributed by atoms with Gasteiger partial charge in [0.15, 0.2) is 5.01 Å². The molecule has 0 spiro atoms. The van der Waals surface area contributed by atoms with Crippen LogP contribution in [0.4, 0.5) is 18.9 Å². The Labute approximate surface area is 165 Å². The Balaban J connectivity index is 1.44. The number of halogens is 3. The fourth-order valence-electron chi connectivity index (χ4n) is 3.38. The van der Waals surface area contributed by atoms with Crippen LogP contribution in [0.15, 0.2) is 42.5 Å². The SMILES string of the molecule is CC(c1nnc(-c2ccccc2F)s1)N1CCN(c2cc(F)ccc2F)CC1. The van der Waals surface area contributed by atoms with Gasteiger partial charge in [-0.3, -0.25) is 4.90 Å². The lowest BCUT2D eigenvalue weighted by molar-refractivity contribution is 0.197. The molecule has 0 N–H and O–H groups in total. The van der Waals surface area contributed by atoms with E-state index >= 15 is 0 Å². The quantitative estimate of drug-likeness (QED) is 0.641. The van der Waals surface area contributed by atoms with Gasteiger partial charge >= 0.3 is 0 Å². The summed E-state index contributed by atoms with van der Waals surface area (Å²) in [6.45, 7) is 4.58. The normalized spacial score (nSPS) is 16.4. The van der Waals surface area contributed by atoms with Crippen molar-refractivity contribution in [3.8, 4) is 10.6 Å². The number of hydrogen-bond donors (Lipinski definition) is 0. The van der Waals surface area contributed by atoms with Gasteiger partial charge in [-0.15, -0.1) is 10.2 Å². The molecule has 0 radical (unpaired) electrons. The molecule has 1 aliphatic rings. The maximum absolute atomic E-state index is 14.0. The average molecular weight is 404 g/mol. The second-order valence-electron chi connectivity index (χ2n) is 6.72. The molecular weight excluding hydrogens is 385 g/mol. The first-order valence-corrected chi connectivity index (χ1v) is 9.87. The predicted molar refractivity (Wildman–Crippen MR) is 104 cm³/mol. The fraction of sp³-hybridized carbons (Fsp3) is 0.300. The van der Waals surface area contributed by atoms with Crippen molar-refractivity contribution in [2.75, 3.05) is 31.1 Å². The van der Waals surface area contributed by atoms with E-state index in [1.54, 1.807) is 18.2 Å². The van der Waals surface area contributed by atoms with E-state index < -0.39 is 11.6 Å². The molecule has 1 saturated heterocycles. The average Bonchev–Trinajstić information content (AvgIpc) is 3.20. The number of benzene rings is 2. The molecule has 3 aromatic rings. The van der Waals surface area contributed by atoms with E-state index in [4.69, 9.17) is 0 Å². The van der Waals surface area contributed by atoms with Gasteiger partial charge in [0.1, 0.15) is 22.5 Å². The molecule has 0 saturated carbocycles. The van der Waals surface area contributed by atoms with Crippen LogP contribution in [-0.2, 0) is 0 Å². The summed E-state index contributed by atoms with van der Waals surface area (Å²) in [4.78, 5) is 4.08. The number of anilines is 1. The summed E-state index contributed by atoms with van der Waals surface area (Å²) in [6.07, 6.45) is 0. The minimum Gasteiger partial charge on any atom is -0.367 e. The minimum atomic E-state index is -0.443. The zero-order valence-electron chi connectivity index (χ0n) is 15.3. The molecule has 28 heavy (non-hydrogen) atoms. The summed E-state index contributed by atoms with van der Waals surface area (Å²) in [7, 11) is 0. The summed E-state index contributed by atoms with van der Waals surface area (Å²) < 4.78 is 41.4. The summed E-state index contributed by atoms with van der Waals surface area (Å²) >= 11 is 1.38. The minimum absolute atomic E-state index is 0.0116. The van der Waals surface area contributed by atoms with Crippen LogP contribution in [-0.4, -0.2) is 41.3 Å². The van der Waals surface area contributed by atoms with Crippen molar-refractivity contribution in [3.63, 3.8) is 0 Å². The molecule has 8 heteroatoms. The summed E-state index contributed by atoms with van der Waals surface area (Å²) in [5.41, 5.74) is 0.745. The van der Waals surface area contributed by atoms with E-state index in [1.165, 1.54) is 23.5 Å². The van der Waals surface area contributed by atoms with Gasteiger partial charge in [0.2, 0.25) is 0 Å². The Kier molecular flexibility index (Phi) is 5.32. The van der Waals surface area contributed by atoms with Crippen LogP contribution in [0.1, 0.15) is 18.0 Å². The van der Waals surface area contributed by atoms with Gasteiger partial charge in [0, 0.05) is 37.8 Å². The lowest BCUT2D eigenvalue weighted by Crippen LogP contribution is -2.47. The van der Waals surface area contributed by atoms with Crippen LogP contribution in [0.25, 0.3) is 10.6 Å². The highest BCUT2D eigenvalue weighted by molar-refractivity contribution is 7.14. The maximum Gasteiger partial charge on any atom is 0.150 e. The first-order valence-electron chi connectivity index (χ1n) is 9.05. The molecule has 2 heterocycles. The van der Waals surface area contributed by atoms with Gasteiger partial charge in [-0.1, -0.05) is 23.5 Å². The number of hydrogen-bond acceptors (Lipinski definition) is 5. The Morgan fingerprint density at radius 3 is 2.43 bits per heavy atom. The standard InChI is InChI=1S/C20H19F3N4S/c1-13(19-24-25-20(28-19)15-4-2-3-5-16(15)22)26-8-10-27(11-9-26)18-12-14(21)6-7-17(18)23/h2-7,12-13H,8-11H2,1H3. The molecule has 0 aliphatic carbocycles. The number of nitrogens with zero attached hydrogens (tertiary/aromatic N) is 4. The molecule has 1 aliphatic heterocycles. The molecule has 146 valence electrons. The van der Waals surface area contributed by atoms with Gasteiger partial charge in [-0.25, -0.2) is 13.2 Å². The Morgan fingerprint density at radius 2 is 1.68 bits per heavy atom. The third-order valence-electron chi connectivity index (χ3n) is 5.01. The monoisotopic (exact) mass is 404 g/mol. The van der Waals surface area contributed by atoms with Crippen LogP contribution >= 0.6 is 11.3 Å². The zero-order valence-corrected chi connectivity index (χ0v) is 16.1. The van der Waals surface area contributed by atoms with E-state index in [0.29, 0.717) is 42.4 Å². The van der Waals surface area contributed by atoms with E-state index in [2.05, 4.69) is 15.1 Å². The molecule has 1 atom stereocenters. The van der Waals surface area contributed by atoms with Gasteiger partial charge in [-0.05, 0) is 31.2 Å². The van der Waals surface area contributed by atoms with Crippen molar-refractivity contribution in [2.45, 2.75) is 13.0 Å². The number of piperazine rings is 1. The van der Waals surface area contributed by atoms with Crippen LogP contribution in [0, 0.1) is 17.5 Å². The third kappa shape index (κ3) is 3.74. The Morgan fingerprint density at radius 1 is 0.929 bits per heavy atom. The van der Waals surface area contributed by atoms with Crippen molar-refractivity contribution in [1.82, 2.24) is 15.1 Å². The highest BCUT2D eigenvalue weighted by Gasteiger charge is 2.26. The van der Waals surface area contributed by atoms with E-state index in [-0.39, 0.29) is 11.9 Å². The second-order valence-corrected chi connectivity index (χ2v) is 7.73. The van der Waals surface area contributed by atoms with Crippen LogP contribution in [0.3, 0.4) is 0 Å². The van der Waals surface area contributed by atoms with Crippen molar-refractivity contribution in [2.24, 2.45) is 0 Å². The summed E-state index contributed by atoms with van der Waals surface area (Å²) in [6, 6.07) is 10.0. The third-order valence-corrected chi connectivity index (χ3v) is 6.14. The molecule has 4 nitrogen and oxygen atoms in total. The molecule has 1 fully saturated rings. The molecular formula is C20H19F3N4S. The Hall–Kier alpha value is -2.45. The van der Waals surface area contributed by atoms with Gasteiger partial charge in [0.25, 0.3) is 0 Å². The second kappa shape index (κ2) is 7.89. The topological polar surface area (TPSA) is 32.3 Å². The van der Waals surface area contributed by atoms with Crippen molar-refractivity contribution in [1.29, 1.82) is 0 Å². The van der Waals surface area contributed by atoms with Gasteiger partial charge < -0.3 is 4.90 Å². The lowest BCUT2D eigenvalue weighted by atomic mass is 10.2. The first kappa shape index (κ1) is 18.9. The van der Waals surface area contributed by atoms with Crippen molar-refractivity contribution in [3.05, 3.63) is 64.9 Å². The number of aromatic nitrogens is 2. The highest BCUT2D eigenvalue weighted by Crippen LogP contribution is 2.31. The highest BCUT2D eigenvalue weighted by atomic mass is 32.1. The van der Waals surface area contributed by atoms with E-state index in [9.17, 15) is 13.2 Å². The first-order chi connectivity index (χ1) is 13.5. The summed E-state index contributed by atoms with van der Waals surface area (Å²) in [5.74, 6) is -1.17. The zero-order chi connectivity index (χ0) is 19.7. The fourth-order valence-corrected chi connectivity index (χ4v) is 4.34. The Bertz CT molecular complexity index is 970. The summed E-state index contributed by atoms with van der Waals surface area (Å²) in [5, 5.41) is 9.76. The molecule has 2 aromatic carbocycles. The smallest absolute Gasteiger partial charge is 0.150 e. The molecule has 1 unspecified atom stereocenters. The van der Waals surface area contributed by atoms with Crippen molar-refractivity contribution < 1.29 is 13.2 Å². The predicted octanol–water partition coefficient (Wildman–Crippen LogP) is 4.51. The van der Waals surface area contributed by atoms with Crippen molar-refractivity contribution >= 4 is 17.0 Å². The van der Waals surface area contributed by atoms with Gasteiger partial charge in [0.05, 0.1) is 11.7 Å². The van der Waals surface area contributed by atoms with Crippen LogP contribution in [0.2, 0.25) is 0 Å². The molecule has 0 amide bonds. The number of rotatable bonds is 4. The molecule has 0 bridgehead atoms. The van der Waals surface area contributed by atoms with Crippen LogP contribution < -0.4 is 4.90 Å². The largest absolute Gasteiger partial charge is 0.367 e. The van der Waals surface area contributed by atoms with Gasteiger partial charge in [-0.2, -0.15) is 0 Å².